The van der Waals surface area contributed by atoms with E-state index in [0.717, 1.165) is 10.4 Å². The maximum Gasteiger partial charge on any atom is 0.418 e. The maximum absolute atomic E-state index is 13.6. The number of benzene rings is 2. The molecular formula is C21H20F3N3O4S. The normalized spacial score (nSPS) is 12.1. The van der Waals surface area contributed by atoms with Crippen LogP contribution in [0.25, 0.3) is 0 Å². The van der Waals surface area contributed by atoms with Gasteiger partial charge in [-0.3, -0.25) is 4.79 Å². The molecule has 0 aliphatic heterocycles. The van der Waals surface area contributed by atoms with Gasteiger partial charge in [0.05, 0.1) is 22.3 Å². The lowest BCUT2D eigenvalue weighted by atomic mass is 10.1. The highest BCUT2D eigenvalue weighted by Crippen LogP contribution is 2.37. The Labute approximate surface area is 182 Å². The molecule has 0 bridgehead atoms. The van der Waals surface area contributed by atoms with Gasteiger partial charge in [0.2, 0.25) is 10.0 Å². The van der Waals surface area contributed by atoms with Crippen molar-refractivity contribution < 1.29 is 30.8 Å². The maximum atomic E-state index is 13.6. The van der Waals surface area contributed by atoms with Crippen molar-refractivity contribution in [3.8, 4) is 0 Å². The van der Waals surface area contributed by atoms with Crippen LogP contribution in [0.3, 0.4) is 0 Å². The molecule has 2 aromatic carbocycles. The van der Waals surface area contributed by atoms with Crippen molar-refractivity contribution in [3.05, 3.63) is 77.7 Å². The van der Waals surface area contributed by atoms with Crippen LogP contribution in [0.1, 0.15) is 21.5 Å². The predicted molar refractivity (Wildman–Crippen MR) is 113 cm³/mol. The molecule has 3 aromatic rings. The number of anilines is 2. The largest absolute Gasteiger partial charge is 0.472 e. The number of halogens is 3. The first-order valence-electron chi connectivity index (χ1n) is 9.28. The smallest absolute Gasteiger partial charge is 0.418 e. The standard InChI is InChI=1S/C21H20F3N3O4S/c1-27(2)32(29,30)17-5-3-4-14(10-17)12-25-19-7-6-16(11-18(19)21(22,23)24)26-20(28)15-8-9-31-13-15/h3-11,13,25H,12H2,1-2H3,(H,26,28). The van der Waals surface area contributed by atoms with Crippen molar-refractivity contribution >= 4 is 27.3 Å². The van der Waals surface area contributed by atoms with Gasteiger partial charge in [0.25, 0.3) is 5.91 Å². The Balaban J connectivity index is 1.82. The first kappa shape index (κ1) is 23.4. The monoisotopic (exact) mass is 467 g/mol. The van der Waals surface area contributed by atoms with Gasteiger partial charge in [-0.05, 0) is 42.0 Å². The SMILES string of the molecule is CN(C)S(=O)(=O)c1cccc(CNc2ccc(NC(=O)c3ccoc3)cc2C(F)(F)F)c1. The molecule has 0 saturated carbocycles. The number of hydrogen-bond acceptors (Lipinski definition) is 5. The average molecular weight is 467 g/mol. The first-order chi connectivity index (χ1) is 15.0. The minimum atomic E-state index is -4.69. The second kappa shape index (κ2) is 9.05. The number of rotatable bonds is 7. The second-order valence-corrected chi connectivity index (χ2v) is 9.16. The Morgan fingerprint density at radius 1 is 1.09 bits per heavy atom. The third-order valence-electron chi connectivity index (χ3n) is 4.53. The third-order valence-corrected chi connectivity index (χ3v) is 6.34. The molecule has 0 unspecified atom stereocenters. The molecule has 0 aliphatic carbocycles. The lowest BCUT2D eigenvalue weighted by Crippen LogP contribution is -2.22. The van der Waals surface area contributed by atoms with E-state index in [4.69, 9.17) is 4.42 Å². The number of furan rings is 1. The fourth-order valence-electron chi connectivity index (χ4n) is 2.83. The van der Waals surface area contributed by atoms with Gasteiger partial charge < -0.3 is 15.1 Å². The van der Waals surface area contributed by atoms with E-state index >= 15 is 0 Å². The summed E-state index contributed by atoms with van der Waals surface area (Å²) in [6.07, 6.45) is -2.22. The van der Waals surface area contributed by atoms with Crippen LogP contribution in [-0.2, 0) is 22.7 Å². The van der Waals surface area contributed by atoms with Gasteiger partial charge in [0.1, 0.15) is 6.26 Å². The van der Waals surface area contributed by atoms with Gasteiger partial charge in [0, 0.05) is 32.0 Å². The van der Waals surface area contributed by atoms with Crippen molar-refractivity contribution in [1.29, 1.82) is 0 Å². The minimum absolute atomic E-state index is 0.0341. The summed E-state index contributed by atoms with van der Waals surface area (Å²) in [6.45, 7) is -0.0411. The van der Waals surface area contributed by atoms with E-state index in [9.17, 15) is 26.4 Å². The Hall–Kier alpha value is -3.31. The van der Waals surface area contributed by atoms with Crippen LogP contribution < -0.4 is 10.6 Å². The van der Waals surface area contributed by atoms with Crippen molar-refractivity contribution in [3.63, 3.8) is 0 Å². The summed E-state index contributed by atoms with van der Waals surface area (Å²) in [5.74, 6) is -0.605. The fraction of sp³-hybridized carbons (Fsp3) is 0.190. The molecule has 1 aromatic heterocycles. The van der Waals surface area contributed by atoms with E-state index in [2.05, 4.69) is 10.6 Å². The van der Waals surface area contributed by atoms with Crippen LogP contribution in [0.15, 0.2) is 70.4 Å². The number of carbonyl (C=O) groups is 1. The molecular weight excluding hydrogens is 447 g/mol. The number of amides is 1. The summed E-state index contributed by atoms with van der Waals surface area (Å²) in [4.78, 5) is 12.1. The number of alkyl halides is 3. The Morgan fingerprint density at radius 3 is 2.47 bits per heavy atom. The van der Waals surface area contributed by atoms with Gasteiger partial charge in [0.15, 0.2) is 0 Å². The molecule has 1 heterocycles. The van der Waals surface area contributed by atoms with Gasteiger partial charge in [-0.1, -0.05) is 12.1 Å². The summed E-state index contributed by atoms with van der Waals surface area (Å²) in [5, 5.41) is 5.09. The van der Waals surface area contributed by atoms with Gasteiger partial charge in [-0.25, -0.2) is 12.7 Å². The highest BCUT2D eigenvalue weighted by atomic mass is 32.2. The van der Waals surface area contributed by atoms with Gasteiger partial charge >= 0.3 is 6.18 Å². The topological polar surface area (TPSA) is 91.7 Å². The average Bonchev–Trinajstić information content (AvgIpc) is 3.27. The quantitative estimate of drug-likeness (QED) is 0.537. The van der Waals surface area contributed by atoms with Crippen LogP contribution in [0.5, 0.6) is 0 Å². The Bertz CT molecular complexity index is 1210. The molecule has 0 radical (unpaired) electrons. The molecule has 1 amide bonds. The summed E-state index contributed by atoms with van der Waals surface area (Å²) in [5.41, 5.74) is -0.556. The predicted octanol–water partition coefficient (Wildman–Crippen LogP) is 4.41. The molecule has 32 heavy (non-hydrogen) atoms. The zero-order valence-corrected chi connectivity index (χ0v) is 17.9. The summed E-state index contributed by atoms with van der Waals surface area (Å²) >= 11 is 0. The van der Waals surface area contributed by atoms with Crippen molar-refractivity contribution in [2.24, 2.45) is 0 Å². The zero-order valence-electron chi connectivity index (χ0n) is 17.1. The van der Waals surface area contributed by atoms with Gasteiger partial charge in [-0.15, -0.1) is 0 Å². The number of nitrogens with one attached hydrogen (secondary N) is 2. The van der Waals surface area contributed by atoms with E-state index in [0.29, 0.717) is 5.56 Å². The van der Waals surface area contributed by atoms with E-state index in [1.807, 2.05) is 0 Å². The number of hydrogen-bond donors (Lipinski definition) is 2. The van der Waals surface area contributed by atoms with Crippen LogP contribution in [0.2, 0.25) is 0 Å². The highest BCUT2D eigenvalue weighted by molar-refractivity contribution is 7.89. The summed E-state index contributed by atoms with van der Waals surface area (Å²) < 4.78 is 71.3. The molecule has 7 nitrogen and oxygen atoms in total. The van der Waals surface area contributed by atoms with Crippen molar-refractivity contribution in [2.45, 2.75) is 17.6 Å². The van der Waals surface area contributed by atoms with Gasteiger partial charge in [-0.2, -0.15) is 13.2 Å². The fourth-order valence-corrected chi connectivity index (χ4v) is 3.80. The molecule has 0 aliphatic rings. The number of sulfonamides is 1. The second-order valence-electron chi connectivity index (χ2n) is 7.01. The minimum Gasteiger partial charge on any atom is -0.472 e. The molecule has 2 N–H and O–H groups in total. The number of carbonyl (C=O) groups excluding carboxylic acids is 1. The lowest BCUT2D eigenvalue weighted by Gasteiger charge is -2.17. The number of nitrogens with zero attached hydrogens (tertiary/aromatic N) is 1. The van der Waals surface area contributed by atoms with E-state index in [-0.39, 0.29) is 28.4 Å². The van der Waals surface area contributed by atoms with Crippen LogP contribution in [-0.4, -0.2) is 32.7 Å². The van der Waals surface area contributed by atoms with E-state index in [1.54, 1.807) is 6.07 Å². The lowest BCUT2D eigenvalue weighted by molar-refractivity contribution is -0.136. The Morgan fingerprint density at radius 2 is 1.84 bits per heavy atom. The van der Waals surface area contributed by atoms with Crippen LogP contribution in [0, 0.1) is 0 Å². The van der Waals surface area contributed by atoms with Crippen molar-refractivity contribution in [2.75, 3.05) is 24.7 Å². The third kappa shape index (κ3) is 5.29. The van der Waals surface area contributed by atoms with E-state index < -0.39 is 27.7 Å². The molecule has 3 rings (SSSR count). The molecule has 0 saturated heterocycles. The summed E-state index contributed by atoms with van der Waals surface area (Å²) in [6, 6.07) is 10.7. The zero-order chi connectivity index (χ0) is 23.5. The first-order valence-corrected chi connectivity index (χ1v) is 10.7. The molecule has 170 valence electrons. The molecule has 0 fully saturated rings. The van der Waals surface area contributed by atoms with Crippen LogP contribution >= 0.6 is 0 Å². The summed E-state index contributed by atoms with van der Waals surface area (Å²) in [7, 11) is -0.888. The molecule has 0 atom stereocenters. The van der Waals surface area contributed by atoms with E-state index in [1.165, 1.54) is 63.0 Å². The molecule has 11 heteroatoms. The highest BCUT2D eigenvalue weighted by Gasteiger charge is 2.34. The van der Waals surface area contributed by atoms with Crippen LogP contribution in [0.4, 0.5) is 24.5 Å². The Kier molecular flexibility index (Phi) is 6.60. The molecule has 0 spiro atoms. The van der Waals surface area contributed by atoms with Crippen molar-refractivity contribution in [1.82, 2.24) is 4.31 Å².